The Morgan fingerprint density at radius 3 is 1.39 bits per heavy atom. The molecule has 6 aromatic heterocycles. The minimum Gasteiger partial charge on any atom is -0.444 e. The molecular formula is C59H71IN16O6. The minimum absolute atomic E-state index is 0.0424. The zero-order valence-corrected chi connectivity index (χ0v) is 49.8. The van der Waals surface area contributed by atoms with Crippen molar-refractivity contribution in [2.24, 2.45) is 0 Å². The summed E-state index contributed by atoms with van der Waals surface area (Å²) in [4.78, 5) is 74.2. The van der Waals surface area contributed by atoms with Gasteiger partial charge in [-0.15, -0.1) is 0 Å². The van der Waals surface area contributed by atoms with Gasteiger partial charge in [-0.2, -0.15) is 10.2 Å². The maximum absolute atomic E-state index is 12.8. The largest absolute Gasteiger partial charge is 0.444 e. The molecule has 0 aliphatic heterocycles. The number of nitrogens with two attached hydrogens (primary N) is 2. The number of nitrogens with zero attached hydrogens (tertiary/aromatic N) is 10. The standard InChI is InChI=1S/C29H34N8O3.C16H23IN6O2.C14H14N2O/c1-17-13-14-31-22(15-17)35-27(38)19-7-5-18(6-8-19)24-23-25(30)32-16-33-26(23)37(36-24)21-11-9-20(10-12-21)34-28(39)40-29(2,3)4;1-16(2,3)25-15(24)21-9-4-6-10(7-5-9)23-14-11(12(17)22-23)13(18)19-8-20-14;1-10-3-5-12(6-4-10)14(17)16-13-9-11(2)7-8-15-13/h5-8,13-16,20-21H,9-12H2,1-4H3,(H,34,39)(H2,30,32,33)(H,31,35,38);8-10H,4-7H2,1-3H3,(H,21,24)(H2,18,19,20);3-9H,1-2H3,(H,15,16,17). The van der Waals surface area contributed by atoms with Crippen LogP contribution in [-0.4, -0.2) is 96.8 Å². The fourth-order valence-corrected chi connectivity index (χ4v) is 10.4. The minimum atomic E-state index is -0.536. The molecule has 2 aliphatic carbocycles. The summed E-state index contributed by atoms with van der Waals surface area (Å²) in [5, 5.41) is 22.6. The van der Waals surface area contributed by atoms with Gasteiger partial charge >= 0.3 is 12.2 Å². The maximum Gasteiger partial charge on any atom is 0.407 e. The van der Waals surface area contributed by atoms with Crippen molar-refractivity contribution in [1.29, 1.82) is 0 Å². The summed E-state index contributed by atoms with van der Waals surface area (Å²) < 4.78 is 15.4. The van der Waals surface area contributed by atoms with E-state index in [0.29, 0.717) is 51.1 Å². The number of carbonyl (C=O) groups is 4. The number of aryl methyl sites for hydroxylation is 3. The van der Waals surface area contributed by atoms with E-state index in [9.17, 15) is 19.2 Å². The number of pyridine rings is 2. The number of amides is 4. The molecule has 2 aromatic carbocycles. The van der Waals surface area contributed by atoms with Crippen molar-refractivity contribution in [1.82, 2.24) is 60.1 Å². The highest BCUT2D eigenvalue weighted by Gasteiger charge is 2.31. The highest BCUT2D eigenvalue weighted by Crippen LogP contribution is 2.37. The Labute approximate surface area is 489 Å². The monoisotopic (exact) mass is 1230 g/mol. The number of ether oxygens (including phenoxy) is 2. The van der Waals surface area contributed by atoms with Crippen molar-refractivity contribution in [3.05, 3.63) is 129 Å². The van der Waals surface area contributed by atoms with Gasteiger partial charge in [-0.1, -0.05) is 29.8 Å². The van der Waals surface area contributed by atoms with Crippen molar-refractivity contribution in [3.63, 3.8) is 0 Å². The third kappa shape index (κ3) is 16.0. The summed E-state index contributed by atoms with van der Waals surface area (Å²) >= 11 is 2.17. The molecular weight excluding hydrogens is 1160 g/mol. The molecule has 22 nitrogen and oxygen atoms in total. The number of fused-ring (bicyclic) bond motifs is 2. The summed E-state index contributed by atoms with van der Waals surface area (Å²) in [6.45, 7) is 17.0. The Balaban J connectivity index is 0.000000178. The summed E-state index contributed by atoms with van der Waals surface area (Å²) in [6.07, 6.45) is 12.3. The number of benzene rings is 2. The lowest BCUT2D eigenvalue weighted by Gasteiger charge is -2.30. The number of hydrogen-bond acceptors (Lipinski definition) is 16. The Bertz CT molecular complexity index is 3540. The number of hydrogen-bond donors (Lipinski definition) is 6. The molecule has 0 bridgehead atoms. The Morgan fingerprint density at radius 2 is 0.951 bits per heavy atom. The first-order valence-electron chi connectivity index (χ1n) is 27.2. The van der Waals surface area contributed by atoms with Crippen molar-refractivity contribution in [3.8, 4) is 11.3 Å². The van der Waals surface area contributed by atoms with Crippen molar-refractivity contribution < 1.29 is 28.7 Å². The van der Waals surface area contributed by atoms with Crippen LogP contribution in [0.3, 0.4) is 0 Å². The predicted octanol–water partition coefficient (Wildman–Crippen LogP) is 11.0. The van der Waals surface area contributed by atoms with Crippen LogP contribution in [0.1, 0.15) is 142 Å². The van der Waals surface area contributed by atoms with Crippen LogP contribution in [0.2, 0.25) is 0 Å². The van der Waals surface area contributed by atoms with Crippen LogP contribution < -0.4 is 32.7 Å². The number of rotatable bonds is 9. The summed E-state index contributed by atoms with van der Waals surface area (Å²) in [6, 6.07) is 22.6. The lowest BCUT2D eigenvalue weighted by atomic mass is 9.91. The molecule has 4 amide bonds. The lowest BCUT2D eigenvalue weighted by Crippen LogP contribution is -2.41. The van der Waals surface area contributed by atoms with Crippen LogP contribution in [-0.2, 0) is 9.47 Å². The first kappa shape index (κ1) is 59.8. The number of anilines is 4. The number of carbonyl (C=O) groups excluding carboxylic acids is 4. The zero-order valence-electron chi connectivity index (χ0n) is 47.7. The fourth-order valence-electron chi connectivity index (χ4n) is 9.61. The molecule has 8 aromatic rings. The van der Waals surface area contributed by atoms with E-state index in [-0.39, 0.29) is 42.1 Å². The first-order chi connectivity index (χ1) is 39.0. The predicted molar refractivity (Wildman–Crippen MR) is 324 cm³/mol. The van der Waals surface area contributed by atoms with Gasteiger partial charge in [-0.3, -0.25) is 9.59 Å². The van der Waals surface area contributed by atoms with Crippen molar-refractivity contribution in [2.75, 3.05) is 22.1 Å². The molecule has 23 heteroatoms. The maximum atomic E-state index is 12.8. The smallest absolute Gasteiger partial charge is 0.407 e. The SMILES string of the molecule is CC(C)(C)OC(=O)NC1CCC(n2nc(I)c3c(N)ncnc32)CC1.Cc1ccc(C(=O)Nc2cc(C)ccn2)cc1.Cc1ccnc(NC(=O)c2ccc(-c3nn(C4CCC(NC(=O)OC(C)(C)C)CC4)c4ncnc(N)c34)cc2)c1. The first-order valence-corrected chi connectivity index (χ1v) is 28.3. The average molecular weight is 1230 g/mol. The van der Waals surface area contributed by atoms with Gasteiger partial charge in [0.2, 0.25) is 0 Å². The molecule has 10 rings (SSSR count). The number of halogens is 1. The lowest BCUT2D eigenvalue weighted by molar-refractivity contribution is 0.0476. The molecule has 8 N–H and O–H groups in total. The van der Waals surface area contributed by atoms with E-state index in [1.807, 2.05) is 120 Å². The van der Waals surface area contributed by atoms with Crippen molar-refractivity contribution in [2.45, 2.75) is 149 Å². The van der Waals surface area contributed by atoms with E-state index in [0.717, 1.165) is 88.4 Å². The second-order valence-corrected chi connectivity index (χ2v) is 23.6. The molecule has 2 fully saturated rings. The Morgan fingerprint density at radius 1 is 0.537 bits per heavy atom. The average Bonchev–Trinajstić information content (AvgIpc) is 4.19. The molecule has 82 heavy (non-hydrogen) atoms. The zero-order chi connectivity index (χ0) is 58.9. The summed E-state index contributed by atoms with van der Waals surface area (Å²) in [5.74, 6) is 1.50. The van der Waals surface area contributed by atoms with Gasteiger partial charge in [0.25, 0.3) is 11.8 Å². The second-order valence-electron chi connectivity index (χ2n) is 22.5. The van der Waals surface area contributed by atoms with Gasteiger partial charge < -0.3 is 42.2 Å². The van der Waals surface area contributed by atoms with E-state index < -0.39 is 17.3 Å². The highest BCUT2D eigenvalue weighted by molar-refractivity contribution is 14.1. The van der Waals surface area contributed by atoms with Crippen LogP contribution >= 0.6 is 22.6 Å². The Hall–Kier alpha value is -8.35. The molecule has 430 valence electrons. The molecule has 0 unspecified atom stereocenters. The van der Waals surface area contributed by atoms with Gasteiger partial charge in [0, 0.05) is 41.2 Å². The molecule has 2 saturated carbocycles. The second kappa shape index (κ2) is 26.1. The van der Waals surface area contributed by atoms with Crippen LogP contribution in [0.4, 0.5) is 32.9 Å². The van der Waals surface area contributed by atoms with Gasteiger partial charge in [-0.05, 0) is 196 Å². The summed E-state index contributed by atoms with van der Waals surface area (Å²) in [5.41, 5.74) is 18.5. The normalized spacial score (nSPS) is 17.0. The molecule has 0 spiro atoms. The van der Waals surface area contributed by atoms with Crippen LogP contribution in [0, 0.1) is 24.5 Å². The van der Waals surface area contributed by atoms with Gasteiger partial charge in [0.1, 0.15) is 56.5 Å². The van der Waals surface area contributed by atoms with Crippen LogP contribution in [0.15, 0.2) is 97.8 Å². The topological polar surface area (TPSA) is 300 Å². The quantitative estimate of drug-likeness (QED) is 0.0732. The van der Waals surface area contributed by atoms with Crippen LogP contribution in [0.25, 0.3) is 33.3 Å². The highest BCUT2D eigenvalue weighted by atomic mass is 127. The van der Waals surface area contributed by atoms with Crippen molar-refractivity contribution >= 4 is 91.9 Å². The number of aromatic nitrogens is 10. The van der Waals surface area contributed by atoms with Gasteiger partial charge in [0.15, 0.2) is 11.3 Å². The van der Waals surface area contributed by atoms with E-state index in [4.69, 9.17) is 26.0 Å². The summed E-state index contributed by atoms with van der Waals surface area (Å²) in [7, 11) is 0. The number of nitrogens with one attached hydrogen (secondary N) is 4. The Kier molecular flexibility index (Phi) is 19.0. The third-order valence-corrected chi connectivity index (χ3v) is 14.3. The molecule has 6 heterocycles. The van der Waals surface area contributed by atoms with E-state index >= 15 is 0 Å². The molecule has 0 radical (unpaired) electrons. The van der Waals surface area contributed by atoms with Gasteiger partial charge in [0.05, 0.1) is 22.9 Å². The fraction of sp³-hybridized carbons (Fsp3) is 0.390. The number of nitrogen functional groups attached to an aromatic ring is 2. The van der Waals surface area contributed by atoms with Crippen LogP contribution in [0.5, 0.6) is 0 Å². The van der Waals surface area contributed by atoms with E-state index in [2.05, 4.69) is 78.9 Å². The van der Waals surface area contributed by atoms with E-state index in [1.54, 1.807) is 36.7 Å². The molecule has 2 aliphatic rings. The van der Waals surface area contributed by atoms with E-state index in [1.165, 1.54) is 12.7 Å². The number of alkyl carbamates (subject to hydrolysis) is 2. The molecule has 0 atom stereocenters. The molecule has 0 saturated heterocycles. The third-order valence-electron chi connectivity index (χ3n) is 13.6. The van der Waals surface area contributed by atoms with Gasteiger partial charge in [-0.25, -0.2) is 48.9 Å².